The minimum absolute atomic E-state index is 0.156. The highest BCUT2D eigenvalue weighted by Crippen LogP contribution is 2.18. The SMILES string of the molecule is CC(C)=O.CCC(CO)(CO)CO.N=C=O.N=C=O. The molecule has 0 aliphatic heterocycles. The smallest absolute Gasteiger partial charge is 0.231 e. The second kappa shape index (κ2) is 21.6. The predicted octanol–water partition coefficient (Wildman–Crippen LogP) is -0.243. The van der Waals surface area contributed by atoms with Gasteiger partial charge in [-0.15, -0.1) is 0 Å². The molecule has 0 radical (unpaired) electrons. The van der Waals surface area contributed by atoms with Crippen LogP contribution in [0.1, 0.15) is 27.2 Å². The molecule has 0 aromatic heterocycles. The average Bonchev–Trinajstić information content (AvgIpc) is 2.34. The molecule has 19 heavy (non-hydrogen) atoms. The van der Waals surface area contributed by atoms with Gasteiger partial charge in [-0.1, -0.05) is 6.92 Å². The number of Topliss-reactive ketones (excluding diaryl/α,β-unsaturated/α-hetero) is 1. The van der Waals surface area contributed by atoms with Crippen molar-refractivity contribution in [2.45, 2.75) is 27.2 Å². The van der Waals surface area contributed by atoms with Gasteiger partial charge in [-0.25, -0.2) is 20.4 Å². The lowest BCUT2D eigenvalue weighted by Crippen LogP contribution is -2.32. The summed E-state index contributed by atoms with van der Waals surface area (Å²) >= 11 is 0. The maximum atomic E-state index is 9.44. The maximum absolute atomic E-state index is 9.44. The number of aliphatic hydroxyl groups is 3. The third kappa shape index (κ3) is 31.4. The van der Waals surface area contributed by atoms with Crippen LogP contribution in [0.25, 0.3) is 0 Å². The van der Waals surface area contributed by atoms with Crippen LogP contribution in [0.5, 0.6) is 0 Å². The van der Waals surface area contributed by atoms with Crippen molar-refractivity contribution in [2.24, 2.45) is 5.41 Å². The number of hydrogen-bond acceptors (Lipinski definition) is 8. The Morgan fingerprint density at radius 3 is 1.16 bits per heavy atom. The van der Waals surface area contributed by atoms with Crippen molar-refractivity contribution < 1.29 is 29.7 Å². The highest BCUT2D eigenvalue weighted by Gasteiger charge is 2.24. The van der Waals surface area contributed by atoms with Gasteiger partial charge in [0.1, 0.15) is 5.78 Å². The largest absolute Gasteiger partial charge is 0.396 e. The van der Waals surface area contributed by atoms with Gasteiger partial charge in [-0.05, 0) is 20.3 Å². The third-order valence-electron chi connectivity index (χ3n) is 1.76. The van der Waals surface area contributed by atoms with E-state index in [9.17, 15) is 4.79 Å². The predicted molar refractivity (Wildman–Crippen MR) is 67.2 cm³/mol. The van der Waals surface area contributed by atoms with Crippen molar-refractivity contribution in [3.05, 3.63) is 0 Å². The molecule has 0 spiro atoms. The standard InChI is InChI=1S/C6H14O3.C3H6O.2CHNO/c1-2-6(3-7,4-8)5-9;1-3(2)4;2*2-1-3/h7-9H,2-5H2,1H3;1-2H3;2*2H. The van der Waals surface area contributed by atoms with Crippen molar-refractivity contribution in [1.82, 2.24) is 0 Å². The molecule has 0 saturated heterocycles. The lowest BCUT2D eigenvalue weighted by atomic mass is 9.88. The summed E-state index contributed by atoms with van der Waals surface area (Å²) in [4.78, 5) is 26.1. The van der Waals surface area contributed by atoms with Gasteiger partial charge in [-0.2, -0.15) is 0 Å². The van der Waals surface area contributed by atoms with Crippen LogP contribution in [0.2, 0.25) is 0 Å². The molecule has 0 amide bonds. The van der Waals surface area contributed by atoms with E-state index in [1.54, 1.807) is 0 Å². The number of hydrogen-bond donors (Lipinski definition) is 5. The quantitative estimate of drug-likeness (QED) is 0.352. The second-order valence-corrected chi connectivity index (χ2v) is 3.44. The zero-order chi connectivity index (χ0) is 16.3. The Kier molecular flexibility index (Phi) is 29.5. The zero-order valence-electron chi connectivity index (χ0n) is 11.4. The Bertz CT molecular complexity index is 231. The summed E-state index contributed by atoms with van der Waals surface area (Å²) in [5.74, 6) is 0.167. The van der Waals surface area contributed by atoms with Crippen molar-refractivity contribution >= 4 is 17.9 Å². The van der Waals surface area contributed by atoms with Crippen LogP contribution in [-0.2, 0) is 14.4 Å². The molecule has 0 aliphatic rings. The Balaban J connectivity index is -0.0000000937. The minimum atomic E-state index is -0.667. The topological polar surface area (TPSA) is 160 Å². The monoisotopic (exact) mass is 278 g/mol. The molecule has 0 rings (SSSR count). The van der Waals surface area contributed by atoms with Gasteiger partial charge in [0.25, 0.3) is 0 Å². The van der Waals surface area contributed by atoms with Crippen LogP contribution in [0.15, 0.2) is 0 Å². The van der Waals surface area contributed by atoms with E-state index in [4.69, 9.17) is 35.7 Å². The van der Waals surface area contributed by atoms with Gasteiger partial charge in [0, 0.05) is 5.41 Å². The molecule has 0 aliphatic carbocycles. The number of carbonyl (C=O) groups excluding carboxylic acids is 3. The fourth-order valence-corrected chi connectivity index (χ4v) is 0.485. The highest BCUT2D eigenvalue weighted by atomic mass is 16.3. The second-order valence-electron chi connectivity index (χ2n) is 3.44. The van der Waals surface area contributed by atoms with Crippen LogP contribution in [0, 0.1) is 16.2 Å². The van der Waals surface area contributed by atoms with Crippen molar-refractivity contribution in [1.29, 1.82) is 10.8 Å². The summed E-state index contributed by atoms with van der Waals surface area (Å²) in [7, 11) is 0. The lowest BCUT2D eigenvalue weighted by Gasteiger charge is -2.24. The van der Waals surface area contributed by atoms with E-state index in [0.29, 0.717) is 6.42 Å². The molecule has 0 atom stereocenters. The van der Waals surface area contributed by atoms with Gasteiger partial charge in [0.2, 0.25) is 12.2 Å². The third-order valence-corrected chi connectivity index (χ3v) is 1.76. The molecule has 8 heteroatoms. The molecule has 0 saturated carbocycles. The summed E-state index contributed by atoms with van der Waals surface area (Å²) in [6.45, 7) is 4.41. The number of aliphatic hydroxyl groups excluding tert-OH is 3. The number of isocyanates is 2. The Labute approximate surface area is 112 Å². The van der Waals surface area contributed by atoms with E-state index in [-0.39, 0.29) is 25.6 Å². The Hall–Kier alpha value is -1.69. The van der Waals surface area contributed by atoms with E-state index in [2.05, 4.69) is 0 Å². The van der Waals surface area contributed by atoms with E-state index in [1.807, 2.05) is 6.92 Å². The summed E-state index contributed by atoms with van der Waals surface area (Å²) in [6, 6.07) is 0. The number of carbonyl (C=O) groups is 1. The molecule has 0 fully saturated rings. The van der Waals surface area contributed by atoms with Crippen LogP contribution >= 0.6 is 0 Å². The number of ketones is 1. The maximum Gasteiger partial charge on any atom is 0.231 e. The minimum Gasteiger partial charge on any atom is -0.396 e. The van der Waals surface area contributed by atoms with Gasteiger partial charge in [0.15, 0.2) is 0 Å². The molecule has 0 aromatic carbocycles. The van der Waals surface area contributed by atoms with Crippen LogP contribution < -0.4 is 0 Å². The van der Waals surface area contributed by atoms with E-state index >= 15 is 0 Å². The van der Waals surface area contributed by atoms with Crippen LogP contribution in [-0.4, -0.2) is 53.1 Å². The number of rotatable bonds is 4. The first-order valence-corrected chi connectivity index (χ1v) is 5.18. The van der Waals surface area contributed by atoms with Gasteiger partial charge >= 0.3 is 0 Å². The van der Waals surface area contributed by atoms with Crippen molar-refractivity contribution in [2.75, 3.05) is 19.8 Å². The number of nitrogens with one attached hydrogen (secondary N) is 2. The molecule has 8 nitrogen and oxygen atoms in total. The lowest BCUT2D eigenvalue weighted by molar-refractivity contribution is -0.115. The Morgan fingerprint density at radius 2 is 1.16 bits per heavy atom. The summed E-state index contributed by atoms with van der Waals surface area (Å²) in [5.41, 5.74) is -0.667. The molecule has 0 aromatic rings. The van der Waals surface area contributed by atoms with Gasteiger partial charge < -0.3 is 20.1 Å². The fraction of sp³-hybridized carbons (Fsp3) is 0.727. The first-order valence-electron chi connectivity index (χ1n) is 5.18. The van der Waals surface area contributed by atoms with Crippen LogP contribution in [0.3, 0.4) is 0 Å². The van der Waals surface area contributed by atoms with E-state index in [0.717, 1.165) is 12.2 Å². The molecule has 5 N–H and O–H groups in total. The molecular weight excluding hydrogens is 256 g/mol. The zero-order valence-corrected chi connectivity index (χ0v) is 11.4. The highest BCUT2D eigenvalue weighted by molar-refractivity contribution is 5.72. The summed E-state index contributed by atoms with van der Waals surface area (Å²) in [6.07, 6.45) is 2.09. The summed E-state index contributed by atoms with van der Waals surface area (Å²) in [5, 5.41) is 36.8. The Morgan fingerprint density at radius 1 is 1.00 bits per heavy atom. The molecular formula is C11H22N2O6. The normalized spacial score (nSPS) is 7.89. The summed E-state index contributed by atoms with van der Waals surface area (Å²) < 4.78 is 0. The first-order chi connectivity index (χ1) is 8.80. The molecule has 0 unspecified atom stereocenters. The van der Waals surface area contributed by atoms with Crippen LogP contribution in [0.4, 0.5) is 0 Å². The van der Waals surface area contributed by atoms with Crippen molar-refractivity contribution in [3.63, 3.8) is 0 Å². The van der Waals surface area contributed by atoms with E-state index < -0.39 is 5.41 Å². The molecule has 0 heterocycles. The van der Waals surface area contributed by atoms with Gasteiger partial charge in [0.05, 0.1) is 19.8 Å². The first kappa shape index (κ1) is 26.0. The van der Waals surface area contributed by atoms with Gasteiger partial charge in [-0.3, -0.25) is 0 Å². The molecule has 112 valence electrons. The fourth-order valence-electron chi connectivity index (χ4n) is 0.485. The van der Waals surface area contributed by atoms with Crippen molar-refractivity contribution in [3.8, 4) is 0 Å². The average molecular weight is 278 g/mol. The molecule has 0 bridgehead atoms. The van der Waals surface area contributed by atoms with E-state index in [1.165, 1.54) is 13.8 Å².